The SMILES string of the molecule is COC(=O)c1ccc(OCc2ccc(F)cc2)c([N+](=O)[O-])c1. The van der Waals surface area contributed by atoms with Crippen LogP contribution in [-0.4, -0.2) is 18.0 Å². The molecule has 0 bridgehead atoms. The van der Waals surface area contributed by atoms with Crippen molar-refractivity contribution in [1.29, 1.82) is 0 Å². The van der Waals surface area contributed by atoms with Gasteiger partial charge in [-0.05, 0) is 29.8 Å². The number of nitro groups is 1. The van der Waals surface area contributed by atoms with Crippen molar-refractivity contribution in [3.63, 3.8) is 0 Å². The highest BCUT2D eigenvalue weighted by atomic mass is 19.1. The van der Waals surface area contributed by atoms with Gasteiger partial charge >= 0.3 is 11.7 Å². The monoisotopic (exact) mass is 305 g/mol. The first-order valence-electron chi connectivity index (χ1n) is 6.25. The van der Waals surface area contributed by atoms with Gasteiger partial charge in [-0.1, -0.05) is 12.1 Å². The van der Waals surface area contributed by atoms with Crippen LogP contribution in [0.25, 0.3) is 0 Å². The number of halogens is 1. The molecule has 22 heavy (non-hydrogen) atoms. The summed E-state index contributed by atoms with van der Waals surface area (Å²) in [7, 11) is 1.19. The van der Waals surface area contributed by atoms with Gasteiger partial charge in [0.15, 0.2) is 5.75 Å². The molecule has 0 radical (unpaired) electrons. The molecular formula is C15H12FNO5. The molecule has 0 saturated heterocycles. The Morgan fingerprint density at radius 3 is 2.50 bits per heavy atom. The first-order chi connectivity index (χ1) is 10.5. The Morgan fingerprint density at radius 2 is 1.91 bits per heavy atom. The van der Waals surface area contributed by atoms with Crippen molar-refractivity contribution in [3.05, 3.63) is 69.5 Å². The predicted molar refractivity (Wildman–Crippen MR) is 75.2 cm³/mol. The molecule has 0 amide bonds. The van der Waals surface area contributed by atoms with E-state index in [1.807, 2.05) is 0 Å². The average molecular weight is 305 g/mol. The maximum Gasteiger partial charge on any atom is 0.338 e. The number of hydrogen-bond acceptors (Lipinski definition) is 5. The Kier molecular flexibility index (Phi) is 4.67. The van der Waals surface area contributed by atoms with Gasteiger partial charge in [-0.3, -0.25) is 10.1 Å². The van der Waals surface area contributed by atoms with E-state index in [0.29, 0.717) is 5.56 Å². The van der Waals surface area contributed by atoms with Crippen LogP contribution in [0.4, 0.5) is 10.1 Å². The van der Waals surface area contributed by atoms with Crippen LogP contribution < -0.4 is 4.74 Å². The van der Waals surface area contributed by atoms with Gasteiger partial charge in [-0.2, -0.15) is 0 Å². The molecule has 0 fully saturated rings. The highest BCUT2D eigenvalue weighted by Crippen LogP contribution is 2.29. The van der Waals surface area contributed by atoms with E-state index in [-0.39, 0.29) is 29.4 Å². The molecule has 0 aromatic heterocycles. The Bertz CT molecular complexity index is 700. The summed E-state index contributed by atoms with van der Waals surface area (Å²) < 4.78 is 22.7. The van der Waals surface area contributed by atoms with E-state index >= 15 is 0 Å². The molecule has 6 nitrogen and oxygen atoms in total. The van der Waals surface area contributed by atoms with Gasteiger partial charge in [-0.15, -0.1) is 0 Å². The van der Waals surface area contributed by atoms with E-state index in [1.54, 1.807) is 0 Å². The Balaban J connectivity index is 2.21. The number of methoxy groups -OCH3 is 1. The smallest absolute Gasteiger partial charge is 0.338 e. The van der Waals surface area contributed by atoms with Crippen LogP contribution in [0.2, 0.25) is 0 Å². The summed E-state index contributed by atoms with van der Waals surface area (Å²) in [5.41, 5.74) is 0.376. The summed E-state index contributed by atoms with van der Waals surface area (Å²) in [6.07, 6.45) is 0. The number of ether oxygens (including phenoxy) is 2. The number of benzene rings is 2. The van der Waals surface area contributed by atoms with Gasteiger partial charge in [0.05, 0.1) is 17.6 Å². The average Bonchev–Trinajstić information content (AvgIpc) is 2.53. The number of carbonyl (C=O) groups is 1. The quantitative estimate of drug-likeness (QED) is 0.482. The van der Waals surface area contributed by atoms with Crippen molar-refractivity contribution in [2.45, 2.75) is 6.61 Å². The van der Waals surface area contributed by atoms with E-state index in [9.17, 15) is 19.3 Å². The summed E-state index contributed by atoms with van der Waals surface area (Å²) in [6.45, 7) is 0.0404. The van der Waals surface area contributed by atoms with Crippen LogP contribution >= 0.6 is 0 Å². The molecule has 0 N–H and O–H groups in total. The molecule has 0 atom stereocenters. The third kappa shape index (κ3) is 3.57. The molecule has 0 aliphatic carbocycles. The fraction of sp³-hybridized carbons (Fsp3) is 0.133. The maximum absolute atomic E-state index is 12.8. The lowest BCUT2D eigenvalue weighted by Crippen LogP contribution is -2.04. The Labute approximate surface area is 125 Å². The topological polar surface area (TPSA) is 78.7 Å². The largest absolute Gasteiger partial charge is 0.482 e. The predicted octanol–water partition coefficient (Wildman–Crippen LogP) is 3.10. The van der Waals surface area contributed by atoms with Crippen molar-refractivity contribution in [2.24, 2.45) is 0 Å². The van der Waals surface area contributed by atoms with Crippen LogP contribution in [-0.2, 0) is 11.3 Å². The fourth-order valence-corrected chi connectivity index (χ4v) is 1.77. The molecule has 0 spiro atoms. The second-order valence-electron chi connectivity index (χ2n) is 4.35. The first-order valence-corrected chi connectivity index (χ1v) is 6.25. The summed E-state index contributed by atoms with van der Waals surface area (Å²) in [5.74, 6) is -1.03. The van der Waals surface area contributed by atoms with Crippen molar-refractivity contribution < 1.29 is 23.6 Å². The number of nitro benzene ring substituents is 1. The van der Waals surface area contributed by atoms with Crippen molar-refractivity contribution in [1.82, 2.24) is 0 Å². The zero-order chi connectivity index (χ0) is 16.1. The normalized spacial score (nSPS) is 10.1. The molecule has 0 unspecified atom stereocenters. The van der Waals surface area contributed by atoms with Crippen LogP contribution in [0, 0.1) is 15.9 Å². The molecule has 0 saturated carbocycles. The molecule has 7 heteroatoms. The van der Waals surface area contributed by atoms with Gasteiger partial charge in [0.1, 0.15) is 12.4 Å². The number of rotatable bonds is 5. The summed E-state index contributed by atoms with van der Waals surface area (Å²) in [5, 5.41) is 11.1. The van der Waals surface area contributed by atoms with E-state index in [4.69, 9.17) is 4.74 Å². The van der Waals surface area contributed by atoms with Gasteiger partial charge in [0, 0.05) is 6.07 Å². The van der Waals surface area contributed by atoms with Crippen LogP contribution in [0.1, 0.15) is 15.9 Å². The Hall–Kier alpha value is -2.96. The number of hydrogen-bond donors (Lipinski definition) is 0. The molecule has 2 aromatic rings. The minimum Gasteiger partial charge on any atom is -0.482 e. The minimum absolute atomic E-state index is 0.0157. The summed E-state index contributed by atoms with van der Waals surface area (Å²) >= 11 is 0. The number of esters is 1. The number of carbonyl (C=O) groups excluding carboxylic acids is 1. The molecule has 0 aliphatic heterocycles. The van der Waals surface area contributed by atoms with Gasteiger partial charge in [0.25, 0.3) is 0 Å². The van der Waals surface area contributed by atoms with Gasteiger partial charge in [0.2, 0.25) is 0 Å². The van der Waals surface area contributed by atoms with Gasteiger partial charge in [-0.25, -0.2) is 9.18 Å². The van der Waals surface area contributed by atoms with E-state index in [2.05, 4.69) is 4.74 Å². The third-order valence-electron chi connectivity index (χ3n) is 2.88. The minimum atomic E-state index is -0.673. The first kappa shape index (κ1) is 15.4. The van der Waals surface area contributed by atoms with Crippen molar-refractivity contribution in [2.75, 3.05) is 7.11 Å². The zero-order valence-electron chi connectivity index (χ0n) is 11.6. The summed E-state index contributed by atoms with van der Waals surface area (Å²) in [6, 6.07) is 9.37. The second-order valence-corrected chi connectivity index (χ2v) is 4.35. The molecule has 2 rings (SSSR count). The maximum atomic E-state index is 12.8. The molecule has 2 aromatic carbocycles. The summed E-state index contributed by atoms with van der Waals surface area (Å²) in [4.78, 5) is 21.8. The fourth-order valence-electron chi connectivity index (χ4n) is 1.77. The van der Waals surface area contributed by atoms with E-state index in [1.165, 1.54) is 43.5 Å². The molecular weight excluding hydrogens is 293 g/mol. The molecule has 0 heterocycles. The molecule has 114 valence electrons. The number of nitrogens with zero attached hydrogens (tertiary/aromatic N) is 1. The van der Waals surface area contributed by atoms with E-state index < -0.39 is 10.9 Å². The second kappa shape index (κ2) is 6.66. The lowest BCUT2D eigenvalue weighted by atomic mass is 10.2. The Morgan fingerprint density at radius 1 is 1.23 bits per heavy atom. The van der Waals surface area contributed by atoms with Crippen LogP contribution in [0.15, 0.2) is 42.5 Å². The van der Waals surface area contributed by atoms with E-state index in [0.717, 1.165) is 6.07 Å². The highest BCUT2D eigenvalue weighted by Gasteiger charge is 2.19. The zero-order valence-corrected chi connectivity index (χ0v) is 11.6. The lowest BCUT2D eigenvalue weighted by Gasteiger charge is -2.08. The van der Waals surface area contributed by atoms with Crippen LogP contribution in [0.5, 0.6) is 5.75 Å². The third-order valence-corrected chi connectivity index (χ3v) is 2.88. The highest BCUT2D eigenvalue weighted by molar-refractivity contribution is 5.90. The standard InChI is InChI=1S/C15H12FNO5/c1-21-15(18)11-4-7-14(13(8-11)17(19)20)22-9-10-2-5-12(16)6-3-10/h2-8H,9H2,1H3. The lowest BCUT2D eigenvalue weighted by molar-refractivity contribution is -0.386. The van der Waals surface area contributed by atoms with Crippen molar-refractivity contribution in [3.8, 4) is 5.75 Å². The van der Waals surface area contributed by atoms with Crippen LogP contribution in [0.3, 0.4) is 0 Å². The van der Waals surface area contributed by atoms with Gasteiger partial charge < -0.3 is 9.47 Å². The molecule has 0 aliphatic rings. The van der Waals surface area contributed by atoms with Crippen molar-refractivity contribution >= 4 is 11.7 Å².